The fraction of sp³-hybridized carbons (Fsp3) is 1.00. The van der Waals surface area contributed by atoms with E-state index in [1.807, 2.05) is 7.11 Å². The highest BCUT2D eigenvalue weighted by molar-refractivity contribution is 4.72. The van der Waals surface area contributed by atoms with Crippen molar-refractivity contribution in [1.82, 2.24) is 10.2 Å². The molecule has 0 aromatic rings. The van der Waals surface area contributed by atoms with Crippen molar-refractivity contribution in [3.05, 3.63) is 0 Å². The molecule has 0 unspecified atom stereocenters. The normalized spacial score (nSPS) is 19.1. The maximum Gasteiger partial charge on any atom is 0.0595 e. The molecule has 3 nitrogen and oxygen atoms in total. The Kier molecular flexibility index (Phi) is 7.82. The van der Waals surface area contributed by atoms with Crippen molar-refractivity contribution in [3.63, 3.8) is 0 Å². The molecule has 0 aromatic carbocycles. The van der Waals surface area contributed by atoms with Crippen molar-refractivity contribution in [3.8, 4) is 0 Å². The van der Waals surface area contributed by atoms with Crippen LogP contribution in [-0.4, -0.2) is 50.8 Å². The zero-order valence-electron chi connectivity index (χ0n) is 11.9. The minimum Gasteiger partial charge on any atom is -0.381 e. The van der Waals surface area contributed by atoms with E-state index in [9.17, 15) is 0 Å². The topological polar surface area (TPSA) is 24.5 Å². The van der Waals surface area contributed by atoms with Crippen molar-refractivity contribution in [2.24, 2.45) is 5.92 Å². The standard InChI is InChI=1S/C14H30N2O/c1-13(2)12-15-8-4-5-9-16-10-6-14(17-3)7-11-16/h13-15H,4-12H2,1-3H3. The molecule has 1 saturated heterocycles. The molecule has 1 heterocycles. The minimum atomic E-state index is 0.513. The quantitative estimate of drug-likeness (QED) is 0.660. The predicted octanol–water partition coefficient (Wildman–Crippen LogP) is 2.12. The molecule has 0 bridgehead atoms. The molecule has 1 N–H and O–H groups in total. The van der Waals surface area contributed by atoms with E-state index < -0.39 is 0 Å². The summed E-state index contributed by atoms with van der Waals surface area (Å²) in [6.45, 7) is 10.5. The van der Waals surface area contributed by atoms with Gasteiger partial charge in [-0.2, -0.15) is 0 Å². The Morgan fingerprint density at radius 3 is 2.53 bits per heavy atom. The van der Waals surface area contributed by atoms with Gasteiger partial charge in [0, 0.05) is 20.2 Å². The molecule has 0 aliphatic carbocycles. The number of nitrogens with one attached hydrogen (secondary N) is 1. The highest BCUT2D eigenvalue weighted by Gasteiger charge is 2.17. The minimum absolute atomic E-state index is 0.513. The molecular formula is C14H30N2O. The Morgan fingerprint density at radius 1 is 1.24 bits per heavy atom. The van der Waals surface area contributed by atoms with Crippen molar-refractivity contribution in [2.45, 2.75) is 45.6 Å². The lowest BCUT2D eigenvalue weighted by atomic mass is 10.1. The fourth-order valence-electron chi connectivity index (χ4n) is 2.34. The van der Waals surface area contributed by atoms with E-state index in [4.69, 9.17) is 4.74 Å². The second kappa shape index (κ2) is 8.90. The Balaban J connectivity index is 1.90. The average molecular weight is 242 g/mol. The van der Waals surface area contributed by atoms with Gasteiger partial charge in [-0.15, -0.1) is 0 Å². The first-order valence-electron chi connectivity index (χ1n) is 7.18. The first-order chi connectivity index (χ1) is 8.22. The van der Waals surface area contributed by atoms with Gasteiger partial charge in [-0.3, -0.25) is 0 Å². The van der Waals surface area contributed by atoms with Gasteiger partial charge < -0.3 is 15.0 Å². The number of rotatable bonds is 8. The SMILES string of the molecule is COC1CCN(CCCCNCC(C)C)CC1. The fourth-order valence-corrected chi connectivity index (χ4v) is 2.34. The smallest absolute Gasteiger partial charge is 0.0595 e. The van der Waals surface area contributed by atoms with Gasteiger partial charge in [-0.05, 0) is 51.2 Å². The monoisotopic (exact) mass is 242 g/mol. The van der Waals surface area contributed by atoms with Gasteiger partial charge in [0.1, 0.15) is 0 Å². The van der Waals surface area contributed by atoms with Crippen LogP contribution in [0, 0.1) is 5.92 Å². The summed E-state index contributed by atoms with van der Waals surface area (Å²) in [6, 6.07) is 0. The summed E-state index contributed by atoms with van der Waals surface area (Å²) in [5.41, 5.74) is 0. The average Bonchev–Trinajstić information content (AvgIpc) is 2.34. The lowest BCUT2D eigenvalue weighted by molar-refractivity contribution is 0.0407. The lowest BCUT2D eigenvalue weighted by Gasteiger charge is -2.31. The van der Waals surface area contributed by atoms with Crippen LogP contribution < -0.4 is 5.32 Å². The van der Waals surface area contributed by atoms with E-state index in [2.05, 4.69) is 24.1 Å². The summed E-state index contributed by atoms with van der Waals surface area (Å²) in [6.07, 6.45) is 5.56. The van der Waals surface area contributed by atoms with Gasteiger partial charge >= 0.3 is 0 Å². The van der Waals surface area contributed by atoms with Gasteiger partial charge in [0.05, 0.1) is 6.10 Å². The highest BCUT2D eigenvalue weighted by atomic mass is 16.5. The largest absolute Gasteiger partial charge is 0.381 e. The number of hydrogen-bond donors (Lipinski definition) is 1. The lowest BCUT2D eigenvalue weighted by Crippen LogP contribution is -2.37. The van der Waals surface area contributed by atoms with Crippen LogP contribution in [0.2, 0.25) is 0 Å². The molecule has 0 aromatic heterocycles. The third kappa shape index (κ3) is 7.02. The van der Waals surface area contributed by atoms with E-state index in [0.717, 1.165) is 12.5 Å². The molecule has 0 amide bonds. The van der Waals surface area contributed by atoms with Gasteiger partial charge in [-0.1, -0.05) is 13.8 Å². The maximum atomic E-state index is 5.38. The van der Waals surface area contributed by atoms with Crippen LogP contribution in [0.3, 0.4) is 0 Å². The third-order valence-electron chi connectivity index (χ3n) is 3.50. The molecule has 1 aliphatic heterocycles. The zero-order chi connectivity index (χ0) is 12.5. The Labute approximate surface area is 107 Å². The van der Waals surface area contributed by atoms with Crippen molar-refractivity contribution in [1.29, 1.82) is 0 Å². The van der Waals surface area contributed by atoms with Crippen LogP contribution >= 0.6 is 0 Å². The summed E-state index contributed by atoms with van der Waals surface area (Å²) < 4.78 is 5.38. The molecule has 0 spiro atoms. The molecule has 0 saturated carbocycles. The van der Waals surface area contributed by atoms with Crippen molar-refractivity contribution >= 4 is 0 Å². The zero-order valence-corrected chi connectivity index (χ0v) is 11.9. The first kappa shape index (κ1) is 14.9. The van der Waals surface area contributed by atoms with Gasteiger partial charge in [0.2, 0.25) is 0 Å². The van der Waals surface area contributed by atoms with Crippen LogP contribution in [0.1, 0.15) is 39.5 Å². The van der Waals surface area contributed by atoms with Crippen LogP contribution in [0.4, 0.5) is 0 Å². The second-order valence-electron chi connectivity index (χ2n) is 5.58. The number of piperidine rings is 1. The number of ether oxygens (including phenoxy) is 1. The summed E-state index contributed by atoms with van der Waals surface area (Å²) in [4.78, 5) is 2.58. The van der Waals surface area contributed by atoms with Crippen LogP contribution in [0.25, 0.3) is 0 Å². The van der Waals surface area contributed by atoms with Crippen molar-refractivity contribution < 1.29 is 4.74 Å². The molecule has 1 rings (SSSR count). The number of methoxy groups -OCH3 is 1. The predicted molar refractivity (Wildman–Crippen MR) is 73.4 cm³/mol. The molecule has 0 atom stereocenters. The Morgan fingerprint density at radius 2 is 1.94 bits per heavy atom. The number of nitrogens with zero attached hydrogens (tertiary/aromatic N) is 1. The first-order valence-corrected chi connectivity index (χ1v) is 7.18. The Hall–Kier alpha value is -0.120. The summed E-state index contributed by atoms with van der Waals surface area (Å²) in [5.74, 6) is 0.767. The summed E-state index contributed by atoms with van der Waals surface area (Å²) >= 11 is 0. The van der Waals surface area contributed by atoms with Crippen LogP contribution in [-0.2, 0) is 4.74 Å². The van der Waals surface area contributed by atoms with Gasteiger partial charge in [0.25, 0.3) is 0 Å². The number of unbranched alkanes of at least 4 members (excludes halogenated alkanes) is 1. The third-order valence-corrected chi connectivity index (χ3v) is 3.50. The molecule has 1 fully saturated rings. The number of hydrogen-bond acceptors (Lipinski definition) is 3. The maximum absolute atomic E-state index is 5.38. The molecule has 3 heteroatoms. The highest BCUT2D eigenvalue weighted by Crippen LogP contribution is 2.13. The molecule has 102 valence electrons. The van der Waals surface area contributed by atoms with E-state index >= 15 is 0 Å². The summed E-state index contributed by atoms with van der Waals surface area (Å²) in [7, 11) is 1.83. The van der Waals surface area contributed by atoms with Crippen LogP contribution in [0.15, 0.2) is 0 Å². The van der Waals surface area contributed by atoms with E-state index in [0.29, 0.717) is 6.10 Å². The van der Waals surface area contributed by atoms with Gasteiger partial charge in [-0.25, -0.2) is 0 Å². The Bertz CT molecular complexity index is 177. The second-order valence-corrected chi connectivity index (χ2v) is 5.58. The molecule has 0 radical (unpaired) electrons. The van der Waals surface area contributed by atoms with E-state index in [1.54, 1.807) is 0 Å². The molecular weight excluding hydrogens is 212 g/mol. The van der Waals surface area contributed by atoms with Crippen LogP contribution in [0.5, 0.6) is 0 Å². The summed E-state index contributed by atoms with van der Waals surface area (Å²) in [5, 5.41) is 3.50. The van der Waals surface area contributed by atoms with Gasteiger partial charge in [0.15, 0.2) is 0 Å². The molecule has 17 heavy (non-hydrogen) atoms. The van der Waals surface area contributed by atoms with Crippen molar-refractivity contribution in [2.75, 3.05) is 39.8 Å². The van der Waals surface area contributed by atoms with E-state index in [-0.39, 0.29) is 0 Å². The van der Waals surface area contributed by atoms with E-state index in [1.165, 1.54) is 51.9 Å². The number of likely N-dealkylation sites (tertiary alicyclic amines) is 1. The molecule has 1 aliphatic rings.